The second-order valence-electron chi connectivity index (χ2n) is 5.32. The predicted molar refractivity (Wildman–Crippen MR) is 75.8 cm³/mol. The third kappa shape index (κ3) is 3.24. The summed E-state index contributed by atoms with van der Waals surface area (Å²) in [5.41, 5.74) is 1.09. The van der Waals surface area contributed by atoms with Gasteiger partial charge in [0, 0.05) is 18.8 Å². The molecule has 0 spiro atoms. The van der Waals surface area contributed by atoms with Crippen LogP contribution in [0.15, 0.2) is 23.0 Å². The molecular weight excluding hydrogens is 304 g/mol. The van der Waals surface area contributed by atoms with Crippen LogP contribution in [0.4, 0.5) is 0 Å². The fourth-order valence-electron chi connectivity index (χ4n) is 2.40. The number of hydrogen-bond acceptors (Lipinski definition) is 6. The Bertz CT molecular complexity index is 722. The predicted octanol–water partition coefficient (Wildman–Crippen LogP) is 0.153. The maximum absolute atomic E-state index is 12.4. The first kappa shape index (κ1) is 15.2. The van der Waals surface area contributed by atoms with Crippen molar-refractivity contribution in [1.29, 1.82) is 0 Å². The average Bonchev–Trinajstić information content (AvgIpc) is 3.16. The van der Waals surface area contributed by atoms with Crippen LogP contribution in [0.1, 0.15) is 21.8 Å². The molecule has 1 fully saturated rings. The van der Waals surface area contributed by atoms with E-state index in [0.717, 1.165) is 5.56 Å². The Morgan fingerprint density at radius 2 is 2.30 bits per heavy atom. The van der Waals surface area contributed by atoms with Crippen LogP contribution in [0.2, 0.25) is 0 Å². The monoisotopic (exact) mass is 320 g/mol. The van der Waals surface area contributed by atoms with Crippen molar-refractivity contribution < 1.29 is 24.0 Å². The van der Waals surface area contributed by atoms with Gasteiger partial charge in [-0.15, -0.1) is 0 Å². The molecule has 2 aromatic heterocycles. The second-order valence-corrected chi connectivity index (χ2v) is 5.32. The molecule has 0 bridgehead atoms. The molecule has 23 heavy (non-hydrogen) atoms. The molecule has 9 nitrogen and oxygen atoms in total. The minimum absolute atomic E-state index is 0.0294. The molecule has 1 aliphatic heterocycles. The summed E-state index contributed by atoms with van der Waals surface area (Å²) in [5, 5.41) is 17.1. The highest BCUT2D eigenvalue weighted by molar-refractivity contribution is 5.95. The Morgan fingerprint density at radius 1 is 1.48 bits per heavy atom. The zero-order valence-electron chi connectivity index (χ0n) is 12.5. The van der Waals surface area contributed by atoms with Crippen molar-refractivity contribution >= 4 is 11.9 Å². The van der Waals surface area contributed by atoms with E-state index in [4.69, 9.17) is 9.26 Å². The summed E-state index contributed by atoms with van der Waals surface area (Å²) in [6.07, 6.45) is 3.56. The summed E-state index contributed by atoms with van der Waals surface area (Å²) in [6.45, 7) is 2.74. The summed E-state index contributed by atoms with van der Waals surface area (Å²) in [4.78, 5) is 24.9. The highest BCUT2D eigenvalue weighted by Crippen LogP contribution is 2.14. The number of carbonyl (C=O) groups excluding carboxylic acids is 1. The molecule has 3 heterocycles. The molecule has 1 saturated heterocycles. The zero-order valence-corrected chi connectivity index (χ0v) is 12.5. The quantitative estimate of drug-likeness (QED) is 0.853. The van der Waals surface area contributed by atoms with Gasteiger partial charge < -0.3 is 19.3 Å². The third-order valence-electron chi connectivity index (χ3n) is 3.53. The fraction of sp³-hybridized carbons (Fsp3) is 0.429. The van der Waals surface area contributed by atoms with Crippen molar-refractivity contribution in [2.24, 2.45) is 0 Å². The van der Waals surface area contributed by atoms with E-state index in [9.17, 15) is 14.7 Å². The lowest BCUT2D eigenvalue weighted by atomic mass is 10.2. The Hall–Kier alpha value is -2.68. The number of carbonyl (C=O) groups is 2. The maximum atomic E-state index is 12.4. The Labute approximate surface area is 131 Å². The van der Waals surface area contributed by atoms with E-state index in [-0.39, 0.29) is 18.8 Å². The van der Waals surface area contributed by atoms with Gasteiger partial charge in [0.25, 0.3) is 5.91 Å². The van der Waals surface area contributed by atoms with E-state index < -0.39 is 17.9 Å². The largest absolute Gasteiger partial charge is 0.480 e. The molecule has 122 valence electrons. The van der Waals surface area contributed by atoms with Crippen LogP contribution >= 0.6 is 0 Å². The fourth-order valence-corrected chi connectivity index (χ4v) is 2.40. The van der Waals surface area contributed by atoms with Crippen LogP contribution in [0.5, 0.6) is 0 Å². The van der Waals surface area contributed by atoms with Gasteiger partial charge >= 0.3 is 5.97 Å². The second kappa shape index (κ2) is 6.21. The molecule has 1 N–H and O–H groups in total. The average molecular weight is 320 g/mol. The number of carboxylic acids is 1. The van der Waals surface area contributed by atoms with Crippen LogP contribution in [0.3, 0.4) is 0 Å². The van der Waals surface area contributed by atoms with E-state index in [2.05, 4.69) is 10.3 Å². The van der Waals surface area contributed by atoms with Gasteiger partial charge in [-0.05, 0) is 12.5 Å². The van der Waals surface area contributed by atoms with Crippen molar-refractivity contribution in [1.82, 2.24) is 19.8 Å². The molecule has 0 saturated carbocycles. The molecule has 3 rings (SSSR count). The van der Waals surface area contributed by atoms with Crippen LogP contribution in [0, 0.1) is 6.92 Å². The van der Waals surface area contributed by atoms with Gasteiger partial charge in [-0.2, -0.15) is 5.10 Å². The molecule has 1 atom stereocenters. The van der Waals surface area contributed by atoms with E-state index in [1.807, 2.05) is 13.1 Å². The highest BCUT2D eigenvalue weighted by atomic mass is 16.5. The lowest BCUT2D eigenvalue weighted by Gasteiger charge is -2.32. The number of aliphatic carboxylic acids is 1. The van der Waals surface area contributed by atoms with Crippen LogP contribution in [0.25, 0.3) is 0 Å². The van der Waals surface area contributed by atoms with Crippen LogP contribution < -0.4 is 0 Å². The van der Waals surface area contributed by atoms with Crippen LogP contribution in [-0.4, -0.2) is 62.6 Å². The minimum atomic E-state index is -1.10. The number of aromatic nitrogens is 3. The van der Waals surface area contributed by atoms with Gasteiger partial charge in [0.15, 0.2) is 17.5 Å². The van der Waals surface area contributed by atoms with E-state index in [1.54, 1.807) is 10.9 Å². The van der Waals surface area contributed by atoms with Gasteiger partial charge in [0.1, 0.15) is 6.54 Å². The van der Waals surface area contributed by atoms with Crippen molar-refractivity contribution in [3.8, 4) is 0 Å². The van der Waals surface area contributed by atoms with Crippen LogP contribution in [-0.2, 0) is 16.1 Å². The van der Waals surface area contributed by atoms with Gasteiger partial charge in [-0.25, -0.2) is 4.79 Å². The normalized spacial score (nSPS) is 18.1. The number of ether oxygens (including phenoxy) is 1. The van der Waals surface area contributed by atoms with Crippen molar-refractivity contribution in [3.63, 3.8) is 0 Å². The number of carboxylic acid groups (broad SMARTS) is 1. The molecule has 9 heteroatoms. The third-order valence-corrected chi connectivity index (χ3v) is 3.53. The Kier molecular flexibility index (Phi) is 4.11. The highest BCUT2D eigenvalue weighted by Gasteiger charge is 2.34. The number of amides is 1. The lowest BCUT2D eigenvalue weighted by molar-refractivity contribution is -0.147. The van der Waals surface area contributed by atoms with Crippen molar-refractivity contribution in [3.05, 3.63) is 35.5 Å². The Morgan fingerprint density at radius 3 is 3.00 bits per heavy atom. The molecule has 0 aliphatic carbocycles. The van der Waals surface area contributed by atoms with Gasteiger partial charge in [-0.1, -0.05) is 5.16 Å². The van der Waals surface area contributed by atoms with E-state index in [0.29, 0.717) is 18.9 Å². The molecule has 1 amide bonds. The topological polar surface area (TPSA) is 111 Å². The summed E-state index contributed by atoms with van der Waals surface area (Å²) in [7, 11) is 0. The number of aryl methyl sites for hydroxylation is 1. The van der Waals surface area contributed by atoms with Gasteiger partial charge in [0.2, 0.25) is 0 Å². The minimum Gasteiger partial charge on any atom is -0.480 e. The number of hydrogen-bond donors (Lipinski definition) is 1. The van der Waals surface area contributed by atoms with E-state index in [1.165, 1.54) is 11.0 Å². The van der Waals surface area contributed by atoms with E-state index >= 15 is 0 Å². The SMILES string of the molecule is Cc1cnn(Cc2cc(C(=O)N3CCOCC3C(=O)O)no2)c1. The smallest absolute Gasteiger partial charge is 0.328 e. The molecule has 0 aromatic carbocycles. The standard InChI is InChI=1S/C14H16N4O5/c1-9-5-15-17(6-9)7-10-4-11(16-23-10)13(19)18-2-3-22-8-12(18)14(20)21/h4-6,12H,2-3,7-8H2,1H3,(H,20,21). The van der Waals surface area contributed by atoms with Gasteiger partial charge in [0.05, 0.1) is 19.4 Å². The summed E-state index contributed by atoms with van der Waals surface area (Å²) in [5.74, 6) is -1.11. The molecular formula is C14H16N4O5. The van der Waals surface area contributed by atoms with Crippen molar-refractivity contribution in [2.75, 3.05) is 19.8 Å². The molecule has 1 unspecified atom stereocenters. The number of morpholine rings is 1. The summed E-state index contributed by atoms with van der Waals surface area (Å²) < 4.78 is 11.9. The van der Waals surface area contributed by atoms with Crippen molar-refractivity contribution in [2.45, 2.75) is 19.5 Å². The first-order chi connectivity index (χ1) is 11.0. The maximum Gasteiger partial charge on any atom is 0.328 e. The molecule has 1 aliphatic rings. The van der Waals surface area contributed by atoms with Gasteiger partial charge in [-0.3, -0.25) is 9.48 Å². The Balaban J connectivity index is 1.73. The first-order valence-corrected chi connectivity index (χ1v) is 7.11. The molecule has 2 aromatic rings. The lowest BCUT2D eigenvalue weighted by Crippen LogP contribution is -2.52. The first-order valence-electron chi connectivity index (χ1n) is 7.11. The summed E-state index contributed by atoms with van der Waals surface area (Å²) >= 11 is 0. The number of nitrogens with zero attached hydrogens (tertiary/aromatic N) is 4. The summed E-state index contributed by atoms with van der Waals surface area (Å²) in [6, 6.07) is 0.499. The zero-order chi connectivity index (χ0) is 16.4. The molecule has 0 radical (unpaired) electrons. The number of rotatable bonds is 4.